The lowest BCUT2D eigenvalue weighted by Gasteiger charge is -2.36. The molecule has 0 aliphatic heterocycles. The predicted octanol–water partition coefficient (Wildman–Crippen LogP) is 3.06. The molecule has 0 saturated heterocycles. The maximum atomic E-state index is 11.9. The van der Waals surface area contributed by atoms with Gasteiger partial charge in [-0.1, -0.05) is 18.3 Å². The van der Waals surface area contributed by atoms with Crippen LogP contribution < -0.4 is 10.6 Å². The molecule has 0 bridgehead atoms. The average Bonchev–Trinajstić information content (AvgIpc) is 2.77. The molecule has 1 aliphatic carbocycles. The van der Waals surface area contributed by atoms with Crippen LogP contribution in [0.2, 0.25) is 0 Å². The van der Waals surface area contributed by atoms with Gasteiger partial charge in [-0.3, -0.25) is 5.32 Å². The van der Waals surface area contributed by atoms with Crippen LogP contribution in [-0.4, -0.2) is 27.6 Å². The van der Waals surface area contributed by atoms with Gasteiger partial charge in [-0.2, -0.15) is 0 Å². The Balaban J connectivity index is 2.01. The Morgan fingerprint density at radius 3 is 2.65 bits per heavy atom. The number of thiazole rings is 1. The second-order valence-corrected chi connectivity index (χ2v) is 7.53. The van der Waals surface area contributed by atoms with E-state index in [1.807, 2.05) is 0 Å². The topological polar surface area (TPSA) is 91.3 Å². The Kier molecular flexibility index (Phi) is 4.64. The number of nitrogens with one attached hydrogen (secondary N) is 2. The number of carboxylic acids is 1. The SMILES string of the molecule is CC1CCC(NC(=O)Nc2ncc(Br)s2)(C(=O)O)CC1. The van der Waals surface area contributed by atoms with Crippen LogP contribution in [0.1, 0.15) is 32.6 Å². The lowest BCUT2D eigenvalue weighted by molar-refractivity contribution is -0.146. The van der Waals surface area contributed by atoms with Gasteiger partial charge in [0.15, 0.2) is 5.13 Å². The van der Waals surface area contributed by atoms with Gasteiger partial charge in [0.1, 0.15) is 5.54 Å². The number of urea groups is 1. The highest BCUT2D eigenvalue weighted by Gasteiger charge is 2.42. The maximum Gasteiger partial charge on any atom is 0.329 e. The fourth-order valence-corrected chi connectivity index (χ4v) is 3.41. The molecule has 0 radical (unpaired) electrons. The van der Waals surface area contributed by atoms with Crippen LogP contribution in [-0.2, 0) is 4.79 Å². The zero-order chi connectivity index (χ0) is 14.8. The Morgan fingerprint density at radius 2 is 2.15 bits per heavy atom. The molecule has 20 heavy (non-hydrogen) atoms. The van der Waals surface area contributed by atoms with E-state index in [4.69, 9.17) is 0 Å². The number of carboxylic acid groups (broad SMARTS) is 1. The summed E-state index contributed by atoms with van der Waals surface area (Å²) in [5.41, 5.74) is -1.16. The number of anilines is 1. The molecule has 110 valence electrons. The van der Waals surface area contributed by atoms with Crippen LogP contribution in [0.25, 0.3) is 0 Å². The number of hydrogen-bond donors (Lipinski definition) is 3. The summed E-state index contributed by atoms with van der Waals surface area (Å²) in [4.78, 5) is 27.4. The molecule has 1 aliphatic rings. The largest absolute Gasteiger partial charge is 0.480 e. The van der Waals surface area contributed by atoms with Crippen LogP contribution in [0.3, 0.4) is 0 Å². The molecule has 1 fully saturated rings. The lowest BCUT2D eigenvalue weighted by Crippen LogP contribution is -2.57. The van der Waals surface area contributed by atoms with Gasteiger partial charge in [0.25, 0.3) is 0 Å². The second kappa shape index (κ2) is 6.09. The first kappa shape index (κ1) is 15.2. The summed E-state index contributed by atoms with van der Waals surface area (Å²) in [5, 5.41) is 15.0. The van der Waals surface area contributed by atoms with Crippen molar-refractivity contribution in [2.24, 2.45) is 5.92 Å². The number of carbonyl (C=O) groups is 2. The molecule has 0 atom stereocenters. The number of aliphatic carboxylic acids is 1. The van der Waals surface area contributed by atoms with E-state index < -0.39 is 17.5 Å². The van der Waals surface area contributed by atoms with Gasteiger partial charge in [-0.25, -0.2) is 14.6 Å². The van der Waals surface area contributed by atoms with Gasteiger partial charge in [0.05, 0.1) is 9.98 Å². The van der Waals surface area contributed by atoms with E-state index in [0.29, 0.717) is 23.9 Å². The Labute approximate surface area is 129 Å². The van der Waals surface area contributed by atoms with Crippen molar-refractivity contribution < 1.29 is 14.7 Å². The van der Waals surface area contributed by atoms with Crippen molar-refractivity contribution in [3.63, 3.8) is 0 Å². The Morgan fingerprint density at radius 1 is 1.50 bits per heavy atom. The third-order valence-corrected chi connectivity index (χ3v) is 4.98. The monoisotopic (exact) mass is 361 g/mol. The summed E-state index contributed by atoms with van der Waals surface area (Å²) in [6.45, 7) is 2.10. The van der Waals surface area contributed by atoms with Crippen LogP contribution in [0.5, 0.6) is 0 Å². The molecule has 2 amide bonds. The van der Waals surface area contributed by atoms with Gasteiger partial charge < -0.3 is 10.4 Å². The molecule has 3 N–H and O–H groups in total. The van der Waals surface area contributed by atoms with Gasteiger partial charge >= 0.3 is 12.0 Å². The smallest absolute Gasteiger partial charge is 0.329 e. The van der Waals surface area contributed by atoms with Crippen LogP contribution in [0, 0.1) is 5.92 Å². The van der Waals surface area contributed by atoms with E-state index in [9.17, 15) is 14.7 Å². The number of hydrogen-bond acceptors (Lipinski definition) is 4. The molecule has 8 heteroatoms. The minimum Gasteiger partial charge on any atom is -0.480 e. The van der Waals surface area contributed by atoms with Gasteiger partial charge in [0, 0.05) is 0 Å². The predicted molar refractivity (Wildman–Crippen MR) is 80.0 cm³/mol. The number of nitrogens with zero attached hydrogens (tertiary/aromatic N) is 1. The normalized spacial score (nSPS) is 26.0. The van der Waals surface area contributed by atoms with Crippen molar-refractivity contribution in [2.45, 2.75) is 38.1 Å². The Hall–Kier alpha value is -1.15. The van der Waals surface area contributed by atoms with Crippen LogP contribution in [0.4, 0.5) is 9.93 Å². The molecule has 1 aromatic rings. The van der Waals surface area contributed by atoms with E-state index in [1.54, 1.807) is 6.20 Å². The number of halogens is 1. The standard InChI is InChI=1S/C12H16BrN3O3S/c1-7-2-4-12(5-3-7,9(17)18)16-10(19)15-11-14-6-8(13)20-11/h6-7H,2-5H2,1H3,(H,17,18)(H2,14,15,16,19). The van der Waals surface area contributed by atoms with E-state index in [-0.39, 0.29) is 0 Å². The third-order valence-electron chi connectivity index (χ3n) is 3.59. The maximum absolute atomic E-state index is 11.9. The zero-order valence-corrected chi connectivity index (χ0v) is 13.4. The number of rotatable bonds is 3. The van der Waals surface area contributed by atoms with Crippen LogP contribution >= 0.6 is 27.3 Å². The lowest BCUT2D eigenvalue weighted by atomic mass is 9.77. The number of aromatic nitrogens is 1. The van der Waals surface area contributed by atoms with Crippen molar-refractivity contribution >= 4 is 44.4 Å². The molecule has 1 saturated carbocycles. The molecule has 0 aromatic carbocycles. The van der Waals surface area contributed by atoms with Crippen LogP contribution in [0.15, 0.2) is 9.98 Å². The second-order valence-electron chi connectivity index (χ2n) is 5.12. The summed E-state index contributed by atoms with van der Waals surface area (Å²) in [6, 6.07) is -0.524. The fourth-order valence-electron chi connectivity index (χ4n) is 2.31. The molecule has 0 unspecified atom stereocenters. The minimum absolute atomic E-state index is 0.430. The highest BCUT2D eigenvalue weighted by molar-refractivity contribution is 9.11. The highest BCUT2D eigenvalue weighted by atomic mass is 79.9. The Bertz CT molecular complexity index is 512. The van der Waals surface area contributed by atoms with Gasteiger partial charge in [-0.05, 0) is 47.5 Å². The molecule has 0 spiro atoms. The van der Waals surface area contributed by atoms with E-state index in [0.717, 1.165) is 16.6 Å². The summed E-state index contributed by atoms with van der Waals surface area (Å²) in [6.07, 6.45) is 4.09. The minimum atomic E-state index is -1.16. The average molecular weight is 362 g/mol. The van der Waals surface area contributed by atoms with Crippen molar-refractivity contribution in [3.8, 4) is 0 Å². The highest BCUT2D eigenvalue weighted by Crippen LogP contribution is 2.32. The number of amides is 2. The zero-order valence-electron chi connectivity index (χ0n) is 11.0. The summed E-state index contributed by atoms with van der Waals surface area (Å²) >= 11 is 4.52. The molecular formula is C12H16BrN3O3S. The fraction of sp³-hybridized carbons (Fsp3) is 0.583. The van der Waals surface area contributed by atoms with E-state index in [1.165, 1.54) is 11.3 Å². The number of carbonyl (C=O) groups excluding carboxylic acids is 1. The quantitative estimate of drug-likeness (QED) is 0.771. The van der Waals surface area contributed by atoms with E-state index in [2.05, 4.69) is 38.5 Å². The van der Waals surface area contributed by atoms with Crippen molar-refractivity contribution in [1.82, 2.24) is 10.3 Å². The molecule has 2 rings (SSSR count). The molecular weight excluding hydrogens is 346 g/mol. The first-order valence-corrected chi connectivity index (χ1v) is 7.96. The summed E-state index contributed by atoms with van der Waals surface area (Å²) in [5.74, 6) is -0.470. The molecule has 1 heterocycles. The summed E-state index contributed by atoms with van der Waals surface area (Å²) < 4.78 is 0.798. The molecule has 6 nitrogen and oxygen atoms in total. The first-order chi connectivity index (χ1) is 9.41. The third kappa shape index (κ3) is 3.49. The van der Waals surface area contributed by atoms with E-state index >= 15 is 0 Å². The summed E-state index contributed by atoms with van der Waals surface area (Å²) in [7, 11) is 0. The van der Waals surface area contributed by atoms with Gasteiger partial charge in [0.2, 0.25) is 0 Å². The first-order valence-electron chi connectivity index (χ1n) is 6.35. The molecule has 1 aromatic heterocycles. The van der Waals surface area contributed by atoms with Crippen molar-refractivity contribution in [1.29, 1.82) is 0 Å². The van der Waals surface area contributed by atoms with Crippen molar-refractivity contribution in [2.75, 3.05) is 5.32 Å². The van der Waals surface area contributed by atoms with Crippen molar-refractivity contribution in [3.05, 3.63) is 9.98 Å². The van der Waals surface area contributed by atoms with Gasteiger partial charge in [-0.15, -0.1) is 0 Å².